The summed E-state index contributed by atoms with van der Waals surface area (Å²) in [6.45, 7) is 4.49. The lowest BCUT2D eigenvalue weighted by Crippen LogP contribution is -2.46. The number of amides is 1. The van der Waals surface area contributed by atoms with Crippen LogP contribution in [-0.4, -0.2) is 54.1 Å². The number of aromatic nitrogens is 2. The number of piperidine rings is 1. The van der Waals surface area contributed by atoms with Gasteiger partial charge < -0.3 is 15.0 Å². The molecule has 0 spiro atoms. The third kappa shape index (κ3) is 5.17. The third-order valence-electron chi connectivity index (χ3n) is 4.91. The first-order valence-electron chi connectivity index (χ1n) is 9.23. The maximum absolute atomic E-state index is 11.1. The fourth-order valence-corrected chi connectivity index (χ4v) is 3.47. The van der Waals surface area contributed by atoms with Crippen molar-refractivity contribution in [3.63, 3.8) is 0 Å². The Kier molecular flexibility index (Phi) is 6.24. The van der Waals surface area contributed by atoms with Gasteiger partial charge in [0.25, 0.3) is 0 Å². The van der Waals surface area contributed by atoms with E-state index in [1.54, 1.807) is 13.4 Å². The van der Waals surface area contributed by atoms with Crippen LogP contribution >= 0.6 is 0 Å². The number of ether oxygens (including phenoxy) is 1. The molecule has 7 heteroatoms. The summed E-state index contributed by atoms with van der Waals surface area (Å²) in [5, 5.41) is 2.80. The molecule has 0 bridgehead atoms. The number of methoxy groups -OCH3 is 1. The smallest absolute Gasteiger partial charge is 0.221 e. The first-order chi connectivity index (χ1) is 13.0. The van der Waals surface area contributed by atoms with E-state index in [9.17, 15) is 4.79 Å². The molecule has 27 heavy (non-hydrogen) atoms. The molecule has 2 heterocycles. The highest BCUT2D eigenvalue weighted by atomic mass is 16.5. The lowest BCUT2D eigenvalue weighted by Gasteiger charge is -2.38. The van der Waals surface area contributed by atoms with Crippen molar-refractivity contribution in [2.24, 2.45) is 0 Å². The Labute approximate surface area is 160 Å². The van der Waals surface area contributed by atoms with E-state index in [2.05, 4.69) is 44.3 Å². The molecule has 1 fully saturated rings. The molecule has 144 valence electrons. The second-order valence-corrected chi connectivity index (χ2v) is 6.94. The SMILES string of the molecule is COc1cc(N(C)C2CCCN(Cc3ccc(NC(C)=O)cc3)C2)ncn1. The summed E-state index contributed by atoms with van der Waals surface area (Å²) >= 11 is 0. The Balaban J connectivity index is 1.61. The summed E-state index contributed by atoms with van der Waals surface area (Å²) < 4.78 is 5.21. The zero-order valence-corrected chi connectivity index (χ0v) is 16.2. The molecule has 7 nitrogen and oxygen atoms in total. The third-order valence-corrected chi connectivity index (χ3v) is 4.91. The summed E-state index contributed by atoms with van der Waals surface area (Å²) in [5.74, 6) is 1.41. The minimum Gasteiger partial charge on any atom is -0.481 e. The average Bonchev–Trinajstić information content (AvgIpc) is 2.69. The summed E-state index contributed by atoms with van der Waals surface area (Å²) in [4.78, 5) is 24.3. The normalized spacial score (nSPS) is 17.4. The van der Waals surface area contributed by atoms with Crippen LogP contribution < -0.4 is 15.0 Å². The lowest BCUT2D eigenvalue weighted by molar-refractivity contribution is -0.114. The molecule has 1 atom stereocenters. The van der Waals surface area contributed by atoms with E-state index < -0.39 is 0 Å². The minimum absolute atomic E-state index is 0.0500. The van der Waals surface area contributed by atoms with Crippen molar-refractivity contribution < 1.29 is 9.53 Å². The molecule has 1 aliphatic rings. The summed E-state index contributed by atoms with van der Waals surface area (Å²) in [6.07, 6.45) is 3.84. The average molecular weight is 369 g/mol. The van der Waals surface area contributed by atoms with Gasteiger partial charge in [-0.2, -0.15) is 0 Å². The quantitative estimate of drug-likeness (QED) is 0.844. The predicted molar refractivity (Wildman–Crippen MR) is 106 cm³/mol. The van der Waals surface area contributed by atoms with Crippen molar-refractivity contribution in [1.82, 2.24) is 14.9 Å². The van der Waals surface area contributed by atoms with Crippen LogP contribution in [0.3, 0.4) is 0 Å². The topological polar surface area (TPSA) is 70.6 Å². The van der Waals surface area contributed by atoms with E-state index in [0.29, 0.717) is 11.9 Å². The van der Waals surface area contributed by atoms with Gasteiger partial charge in [-0.25, -0.2) is 9.97 Å². The Morgan fingerprint density at radius 1 is 1.33 bits per heavy atom. The number of likely N-dealkylation sites (N-methyl/N-ethyl adjacent to an activating group) is 1. The summed E-state index contributed by atoms with van der Waals surface area (Å²) in [7, 11) is 3.70. The van der Waals surface area contributed by atoms with Gasteiger partial charge in [-0.1, -0.05) is 12.1 Å². The Bertz CT molecular complexity index is 765. The number of nitrogens with zero attached hydrogens (tertiary/aromatic N) is 4. The molecular weight excluding hydrogens is 342 g/mol. The molecule has 1 aromatic heterocycles. The van der Waals surface area contributed by atoms with Crippen LogP contribution in [0.5, 0.6) is 5.88 Å². The number of carbonyl (C=O) groups is 1. The van der Waals surface area contributed by atoms with Crippen molar-refractivity contribution >= 4 is 17.4 Å². The fourth-order valence-electron chi connectivity index (χ4n) is 3.47. The molecule has 2 aromatic rings. The number of nitrogens with one attached hydrogen (secondary N) is 1. The fraction of sp³-hybridized carbons (Fsp3) is 0.450. The highest BCUT2D eigenvalue weighted by Crippen LogP contribution is 2.23. The van der Waals surface area contributed by atoms with Gasteiger partial charge in [0.2, 0.25) is 11.8 Å². The zero-order valence-electron chi connectivity index (χ0n) is 16.2. The van der Waals surface area contributed by atoms with Gasteiger partial charge in [0.15, 0.2) is 0 Å². The van der Waals surface area contributed by atoms with Crippen LogP contribution in [0.15, 0.2) is 36.7 Å². The van der Waals surface area contributed by atoms with Gasteiger partial charge in [0.05, 0.1) is 7.11 Å². The number of anilines is 2. The van der Waals surface area contributed by atoms with Crippen molar-refractivity contribution in [2.75, 3.05) is 37.5 Å². The first-order valence-corrected chi connectivity index (χ1v) is 9.23. The highest BCUT2D eigenvalue weighted by Gasteiger charge is 2.24. The molecule has 3 rings (SSSR count). The van der Waals surface area contributed by atoms with Crippen molar-refractivity contribution in [3.8, 4) is 5.88 Å². The monoisotopic (exact) mass is 369 g/mol. The van der Waals surface area contributed by atoms with Crippen molar-refractivity contribution in [2.45, 2.75) is 32.4 Å². The molecule has 0 radical (unpaired) electrons. The number of benzene rings is 1. The molecule has 1 amide bonds. The number of hydrogen-bond donors (Lipinski definition) is 1. The van der Waals surface area contributed by atoms with Crippen LogP contribution in [0.25, 0.3) is 0 Å². The van der Waals surface area contributed by atoms with Gasteiger partial charge in [0, 0.05) is 44.9 Å². The van der Waals surface area contributed by atoms with Crippen LogP contribution in [-0.2, 0) is 11.3 Å². The second kappa shape index (κ2) is 8.81. The number of carbonyl (C=O) groups excluding carboxylic acids is 1. The Morgan fingerprint density at radius 3 is 2.81 bits per heavy atom. The molecule has 1 aromatic carbocycles. The molecule has 1 saturated heterocycles. The molecular formula is C20H27N5O2. The van der Waals surface area contributed by atoms with Gasteiger partial charge in [-0.15, -0.1) is 0 Å². The van der Waals surface area contributed by atoms with Crippen LogP contribution in [0.4, 0.5) is 11.5 Å². The lowest BCUT2D eigenvalue weighted by atomic mass is 10.0. The number of rotatable bonds is 6. The Morgan fingerprint density at radius 2 is 2.11 bits per heavy atom. The minimum atomic E-state index is -0.0500. The Hall–Kier alpha value is -2.67. The van der Waals surface area contributed by atoms with Gasteiger partial charge in [-0.3, -0.25) is 9.69 Å². The predicted octanol–water partition coefficient (Wildman–Crippen LogP) is 2.54. The van der Waals surface area contributed by atoms with E-state index in [0.717, 1.165) is 44.0 Å². The molecule has 0 saturated carbocycles. The van der Waals surface area contributed by atoms with Gasteiger partial charge >= 0.3 is 0 Å². The van der Waals surface area contributed by atoms with Crippen LogP contribution in [0.2, 0.25) is 0 Å². The van der Waals surface area contributed by atoms with Crippen molar-refractivity contribution in [1.29, 1.82) is 0 Å². The second-order valence-electron chi connectivity index (χ2n) is 6.94. The van der Waals surface area contributed by atoms with E-state index in [-0.39, 0.29) is 5.91 Å². The van der Waals surface area contributed by atoms with Gasteiger partial charge in [0.1, 0.15) is 12.1 Å². The van der Waals surface area contributed by atoms with E-state index in [1.807, 2.05) is 18.2 Å². The maximum Gasteiger partial charge on any atom is 0.221 e. The largest absolute Gasteiger partial charge is 0.481 e. The van der Waals surface area contributed by atoms with E-state index in [1.165, 1.54) is 12.5 Å². The molecule has 1 N–H and O–H groups in total. The first kappa shape index (κ1) is 19.1. The maximum atomic E-state index is 11.1. The summed E-state index contributed by atoms with van der Waals surface area (Å²) in [6, 6.07) is 10.3. The standard InChI is InChI=1S/C20H27N5O2/c1-15(26)23-17-8-6-16(7-9-17)12-25-10-4-5-18(13-25)24(2)19-11-20(27-3)22-14-21-19/h6-9,11,14,18H,4-5,10,12-13H2,1-3H3,(H,23,26). The zero-order chi connectivity index (χ0) is 19.2. The number of likely N-dealkylation sites (tertiary alicyclic amines) is 1. The molecule has 1 aliphatic heterocycles. The summed E-state index contributed by atoms with van der Waals surface area (Å²) in [5.41, 5.74) is 2.08. The molecule has 0 aliphatic carbocycles. The highest BCUT2D eigenvalue weighted by molar-refractivity contribution is 5.88. The van der Waals surface area contributed by atoms with Crippen molar-refractivity contribution in [3.05, 3.63) is 42.2 Å². The van der Waals surface area contributed by atoms with E-state index >= 15 is 0 Å². The van der Waals surface area contributed by atoms with Crippen LogP contribution in [0.1, 0.15) is 25.3 Å². The number of hydrogen-bond acceptors (Lipinski definition) is 6. The van der Waals surface area contributed by atoms with Gasteiger partial charge in [-0.05, 0) is 37.1 Å². The molecule has 1 unspecified atom stereocenters. The van der Waals surface area contributed by atoms with Crippen LogP contribution in [0, 0.1) is 0 Å². The van der Waals surface area contributed by atoms with E-state index in [4.69, 9.17) is 4.74 Å².